The fourth-order valence-electron chi connectivity index (χ4n) is 0.872. The Hall–Kier alpha value is -1.67. The third-order valence-electron chi connectivity index (χ3n) is 1.68. The van der Waals surface area contributed by atoms with Gasteiger partial charge in [-0.25, -0.2) is 4.79 Å². The predicted molar refractivity (Wildman–Crippen MR) is 42.3 cm³/mol. The maximum Gasteiger partial charge on any atom is 0.455 e. The van der Waals surface area contributed by atoms with Crippen molar-refractivity contribution in [2.24, 2.45) is 0 Å². The van der Waals surface area contributed by atoms with Crippen molar-refractivity contribution in [2.45, 2.75) is 18.6 Å². The molecule has 0 aliphatic heterocycles. The van der Waals surface area contributed by atoms with Crippen LogP contribution in [0.5, 0.6) is 0 Å². The molecule has 0 bridgehead atoms. The van der Waals surface area contributed by atoms with Gasteiger partial charge in [-0.1, -0.05) is 0 Å². The lowest BCUT2D eigenvalue weighted by Gasteiger charge is -2.19. The van der Waals surface area contributed by atoms with Crippen LogP contribution in [0.25, 0.3) is 0 Å². The van der Waals surface area contributed by atoms with Crippen molar-refractivity contribution in [1.82, 2.24) is 9.55 Å². The summed E-state index contributed by atoms with van der Waals surface area (Å²) in [6.07, 6.45) is -5.18. The molecule has 0 aromatic carbocycles. The molecule has 0 saturated heterocycles. The van der Waals surface area contributed by atoms with Crippen LogP contribution >= 0.6 is 0 Å². The lowest BCUT2D eigenvalue weighted by molar-refractivity contribution is -0.287. The molecule has 16 heavy (non-hydrogen) atoms. The Balaban J connectivity index is 3.06. The number of nitrogens with one attached hydrogen (secondary N) is 1. The SMILES string of the molecule is O=c1ccn(CC(F)(F)C(F)(F)F)c(=O)[nH]1. The highest BCUT2D eigenvalue weighted by Crippen LogP contribution is 2.36. The van der Waals surface area contributed by atoms with Gasteiger partial charge in [0.2, 0.25) is 0 Å². The summed E-state index contributed by atoms with van der Waals surface area (Å²) in [5, 5.41) is 0. The van der Waals surface area contributed by atoms with Gasteiger partial charge in [-0.2, -0.15) is 22.0 Å². The van der Waals surface area contributed by atoms with Gasteiger partial charge in [-0.15, -0.1) is 0 Å². The van der Waals surface area contributed by atoms with Crippen LogP contribution in [0.3, 0.4) is 0 Å². The van der Waals surface area contributed by atoms with E-state index in [4.69, 9.17) is 0 Å². The van der Waals surface area contributed by atoms with E-state index in [9.17, 15) is 31.5 Å². The van der Waals surface area contributed by atoms with Gasteiger partial charge in [-0.05, 0) is 0 Å². The lowest BCUT2D eigenvalue weighted by Crippen LogP contribution is -2.43. The Kier molecular flexibility index (Phi) is 2.89. The van der Waals surface area contributed by atoms with Gasteiger partial charge in [-0.3, -0.25) is 14.3 Å². The van der Waals surface area contributed by atoms with Crippen molar-refractivity contribution in [1.29, 1.82) is 0 Å². The predicted octanol–water partition coefficient (Wildman–Crippen LogP) is 0.734. The first-order valence-corrected chi connectivity index (χ1v) is 3.88. The van der Waals surface area contributed by atoms with E-state index in [1.165, 1.54) is 0 Å². The maximum absolute atomic E-state index is 12.5. The third-order valence-corrected chi connectivity index (χ3v) is 1.68. The maximum atomic E-state index is 12.5. The molecule has 1 heterocycles. The summed E-state index contributed by atoms with van der Waals surface area (Å²) < 4.78 is 60.5. The molecule has 90 valence electrons. The molecule has 1 rings (SSSR count). The van der Waals surface area contributed by atoms with Gasteiger partial charge in [0.05, 0.1) is 0 Å². The number of aromatic amines is 1. The summed E-state index contributed by atoms with van der Waals surface area (Å²) in [4.78, 5) is 22.9. The summed E-state index contributed by atoms with van der Waals surface area (Å²) >= 11 is 0. The minimum atomic E-state index is -5.75. The average Bonchev–Trinajstić information content (AvgIpc) is 2.08. The van der Waals surface area contributed by atoms with E-state index in [1.807, 2.05) is 0 Å². The number of nitrogens with zero attached hydrogens (tertiary/aromatic N) is 1. The summed E-state index contributed by atoms with van der Waals surface area (Å²) in [5.41, 5.74) is -2.20. The molecule has 0 spiro atoms. The molecule has 1 N–H and O–H groups in total. The van der Waals surface area contributed by atoms with Crippen LogP contribution in [0, 0.1) is 0 Å². The summed E-state index contributed by atoms with van der Waals surface area (Å²) in [6.45, 7) is -1.87. The van der Waals surface area contributed by atoms with Crippen molar-refractivity contribution in [3.05, 3.63) is 33.1 Å². The van der Waals surface area contributed by atoms with Gasteiger partial charge in [0.15, 0.2) is 0 Å². The first-order valence-electron chi connectivity index (χ1n) is 3.88. The van der Waals surface area contributed by atoms with Crippen molar-refractivity contribution < 1.29 is 22.0 Å². The van der Waals surface area contributed by atoms with E-state index in [1.54, 1.807) is 4.98 Å². The number of hydrogen-bond donors (Lipinski definition) is 1. The lowest BCUT2D eigenvalue weighted by atomic mass is 10.3. The molecule has 1 aromatic heterocycles. The number of halogens is 5. The molecule has 0 radical (unpaired) electrons. The number of alkyl halides is 5. The van der Waals surface area contributed by atoms with Gasteiger partial charge in [0.25, 0.3) is 5.56 Å². The minimum absolute atomic E-state index is 0.0783. The van der Waals surface area contributed by atoms with Crippen molar-refractivity contribution in [2.75, 3.05) is 0 Å². The second-order valence-corrected chi connectivity index (χ2v) is 2.94. The number of rotatable bonds is 2. The van der Waals surface area contributed by atoms with Crippen LogP contribution in [0.2, 0.25) is 0 Å². The zero-order chi connectivity index (χ0) is 12.6. The Bertz CT molecular complexity index is 487. The van der Waals surface area contributed by atoms with E-state index in [2.05, 4.69) is 0 Å². The fraction of sp³-hybridized carbons (Fsp3) is 0.429. The largest absolute Gasteiger partial charge is 0.455 e. The standard InChI is InChI=1S/C7H5F5N2O2/c8-6(9,7(10,11)12)3-14-2-1-4(15)13-5(14)16/h1-2H,3H2,(H,13,15,16). The molecule has 0 aliphatic carbocycles. The zero-order valence-corrected chi connectivity index (χ0v) is 7.52. The first-order chi connectivity index (χ1) is 7.13. The van der Waals surface area contributed by atoms with Crippen LogP contribution in [-0.4, -0.2) is 21.6 Å². The van der Waals surface area contributed by atoms with Crippen LogP contribution in [-0.2, 0) is 6.54 Å². The summed E-state index contributed by atoms with van der Waals surface area (Å²) in [7, 11) is 0. The van der Waals surface area contributed by atoms with E-state index in [0.29, 0.717) is 12.3 Å². The number of hydrogen-bond acceptors (Lipinski definition) is 2. The molecule has 4 nitrogen and oxygen atoms in total. The third kappa shape index (κ3) is 2.47. The monoisotopic (exact) mass is 244 g/mol. The van der Waals surface area contributed by atoms with Gasteiger partial charge >= 0.3 is 17.8 Å². The second kappa shape index (κ2) is 3.72. The smallest absolute Gasteiger partial charge is 0.294 e. The molecular weight excluding hydrogens is 239 g/mol. The van der Waals surface area contributed by atoms with Crippen molar-refractivity contribution in [3.8, 4) is 0 Å². The van der Waals surface area contributed by atoms with Crippen LogP contribution in [0.15, 0.2) is 21.9 Å². The molecular formula is C7H5F5N2O2. The molecule has 0 aliphatic rings. The molecule has 1 aromatic rings. The van der Waals surface area contributed by atoms with Crippen LogP contribution < -0.4 is 11.2 Å². The molecule has 0 unspecified atom stereocenters. The molecule has 0 fully saturated rings. The van der Waals surface area contributed by atoms with Crippen molar-refractivity contribution in [3.63, 3.8) is 0 Å². The normalized spacial score (nSPS) is 12.8. The minimum Gasteiger partial charge on any atom is -0.294 e. The molecule has 0 saturated carbocycles. The van der Waals surface area contributed by atoms with E-state index in [-0.39, 0.29) is 4.57 Å². The quantitative estimate of drug-likeness (QED) is 0.780. The Morgan fingerprint density at radius 1 is 1.19 bits per heavy atom. The summed E-state index contributed by atoms with van der Waals surface area (Å²) in [5.74, 6) is -5.03. The van der Waals surface area contributed by atoms with Crippen LogP contribution in [0.4, 0.5) is 22.0 Å². The van der Waals surface area contributed by atoms with Gasteiger partial charge in [0, 0.05) is 12.3 Å². The Morgan fingerprint density at radius 3 is 2.19 bits per heavy atom. The highest BCUT2D eigenvalue weighted by molar-refractivity contribution is 4.86. The Morgan fingerprint density at radius 2 is 1.75 bits per heavy atom. The first kappa shape index (κ1) is 12.4. The van der Waals surface area contributed by atoms with Crippen LogP contribution in [0.1, 0.15) is 0 Å². The number of aromatic nitrogens is 2. The van der Waals surface area contributed by atoms with Gasteiger partial charge in [0.1, 0.15) is 6.54 Å². The molecule has 0 amide bonds. The average molecular weight is 244 g/mol. The van der Waals surface area contributed by atoms with E-state index < -0.39 is 29.9 Å². The summed E-state index contributed by atoms with van der Waals surface area (Å²) in [6, 6.07) is 0.674. The van der Waals surface area contributed by atoms with Crippen molar-refractivity contribution >= 4 is 0 Å². The van der Waals surface area contributed by atoms with Gasteiger partial charge < -0.3 is 0 Å². The highest BCUT2D eigenvalue weighted by atomic mass is 19.4. The Labute approximate surface area is 84.3 Å². The molecule has 0 atom stereocenters. The highest BCUT2D eigenvalue weighted by Gasteiger charge is 2.57. The van der Waals surface area contributed by atoms with E-state index in [0.717, 1.165) is 0 Å². The molecule has 9 heteroatoms. The second-order valence-electron chi connectivity index (χ2n) is 2.94. The fourth-order valence-corrected chi connectivity index (χ4v) is 0.872. The van der Waals surface area contributed by atoms with E-state index >= 15 is 0 Å². The number of H-pyrrole nitrogens is 1. The topological polar surface area (TPSA) is 54.9 Å². The zero-order valence-electron chi connectivity index (χ0n) is 7.52.